The first-order valence-corrected chi connectivity index (χ1v) is 8.39. The van der Waals surface area contributed by atoms with Crippen LogP contribution in [0.5, 0.6) is 0 Å². The molecule has 1 aromatic heterocycles. The SMILES string of the molecule is Nc1cccc(-c2ccc(CCN3Cc4ccccc4C3)cc2)n1. The van der Waals surface area contributed by atoms with Crippen LogP contribution in [-0.4, -0.2) is 16.4 Å². The number of nitrogen functional groups attached to an aromatic ring is 1. The van der Waals surface area contributed by atoms with Crippen molar-refractivity contribution in [2.45, 2.75) is 19.5 Å². The molecule has 2 aromatic carbocycles. The molecular weight excluding hydrogens is 294 g/mol. The van der Waals surface area contributed by atoms with Gasteiger partial charge in [0, 0.05) is 25.2 Å². The highest BCUT2D eigenvalue weighted by Gasteiger charge is 2.17. The summed E-state index contributed by atoms with van der Waals surface area (Å²) in [4.78, 5) is 6.89. The van der Waals surface area contributed by atoms with E-state index in [2.05, 4.69) is 58.4 Å². The van der Waals surface area contributed by atoms with Crippen LogP contribution in [0.2, 0.25) is 0 Å². The van der Waals surface area contributed by atoms with E-state index < -0.39 is 0 Å². The predicted molar refractivity (Wildman–Crippen MR) is 98.3 cm³/mol. The summed E-state index contributed by atoms with van der Waals surface area (Å²) in [5.41, 5.74) is 12.1. The van der Waals surface area contributed by atoms with E-state index in [0.717, 1.165) is 37.3 Å². The third-order valence-electron chi connectivity index (χ3n) is 4.64. The lowest BCUT2D eigenvalue weighted by Gasteiger charge is -2.14. The van der Waals surface area contributed by atoms with E-state index in [4.69, 9.17) is 5.73 Å². The van der Waals surface area contributed by atoms with Crippen LogP contribution >= 0.6 is 0 Å². The van der Waals surface area contributed by atoms with Crippen LogP contribution in [0.3, 0.4) is 0 Å². The van der Waals surface area contributed by atoms with Gasteiger partial charge < -0.3 is 5.73 Å². The van der Waals surface area contributed by atoms with E-state index in [1.54, 1.807) is 0 Å². The van der Waals surface area contributed by atoms with E-state index >= 15 is 0 Å². The summed E-state index contributed by atoms with van der Waals surface area (Å²) >= 11 is 0. The number of hydrogen-bond donors (Lipinski definition) is 1. The number of benzene rings is 2. The minimum absolute atomic E-state index is 0.560. The zero-order chi connectivity index (χ0) is 16.4. The minimum atomic E-state index is 0.560. The molecule has 0 atom stereocenters. The zero-order valence-electron chi connectivity index (χ0n) is 13.7. The Morgan fingerprint density at radius 3 is 2.21 bits per heavy atom. The van der Waals surface area contributed by atoms with Crippen LogP contribution in [0.15, 0.2) is 66.7 Å². The number of rotatable bonds is 4. The lowest BCUT2D eigenvalue weighted by atomic mass is 10.1. The second-order valence-electron chi connectivity index (χ2n) is 6.37. The lowest BCUT2D eigenvalue weighted by Crippen LogP contribution is -2.19. The van der Waals surface area contributed by atoms with Gasteiger partial charge in [0.1, 0.15) is 5.82 Å². The van der Waals surface area contributed by atoms with E-state index in [1.807, 2.05) is 18.2 Å². The first kappa shape index (κ1) is 14.9. The maximum atomic E-state index is 5.76. The third-order valence-corrected chi connectivity index (χ3v) is 4.64. The summed E-state index contributed by atoms with van der Waals surface area (Å²) in [6, 6.07) is 23.1. The van der Waals surface area contributed by atoms with Crippen LogP contribution in [0.25, 0.3) is 11.3 Å². The molecule has 0 bridgehead atoms. The summed E-state index contributed by atoms with van der Waals surface area (Å²) < 4.78 is 0. The summed E-state index contributed by atoms with van der Waals surface area (Å²) in [5.74, 6) is 0.560. The van der Waals surface area contributed by atoms with Gasteiger partial charge in [0.15, 0.2) is 0 Å². The van der Waals surface area contributed by atoms with Gasteiger partial charge in [-0.2, -0.15) is 0 Å². The van der Waals surface area contributed by atoms with E-state index in [0.29, 0.717) is 5.82 Å². The first-order valence-electron chi connectivity index (χ1n) is 8.39. The number of anilines is 1. The number of nitrogens with two attached hydrogens (primary N) is 1. The zero-order valence-corrected chi connectivity index (χ0v) is 13.7. The quantitative estimate of drug-likeness (QED) is 0.794. The summed E-state index contributed by atoms with van der Waals surface area (Å²) in [5, 5.41) is 0. The molecule has 3 aromatic rings. The van der Waals surface area contributed by atoms with Crippen molar-refractivity contribution in [3.8, 4) is 11.3 Å². The number of hydrogen-bond acceptors (Lipinski definition) is 3. The molecule has 0 aliphatic carbocycles. The highest BCUT2D eigenvalue weighted by atomic mass is 15.1. The number of fused-ring (bicyclic) bond motifs is 1. The van der Waals surface area contributed by atoms with Crippen LogP contribution in [-0.2, 0) is 19.5 Å². The highest BCUT2D eigenvalue weighted by molar-refractivity contribution is 5.61. The van der Waals surface area contributed by atoms with Crippen molar-refractivity contribution in [3.63, 3.8) is 0 Å². The second kappa shape index (κ2) is 6.46. The molecular formula is C21H21N3. The van der Waals surface area contributed by atoms with Gasteiger partial charge in [-0.3, -0.25) is 4.90 Å². The van der Waals surface area contributed by atoms with Crippen LogP contribution in [0.4, 0.5) is 5.82 Å². The molecule has 0 spiro atoms. The molecule has 3 nitrogen and oxygen atoms in total. The Morgan fingerprint density at radius 2 is 1.54 bits per heavy atom. The maximum Gasteiger partial charge on any atom is 0.124 e. The molecule has 0 saturated carbocycles. The molecule has 2 heterocycles. The fraction of sp³-hybridized carbons (Fsp3) is 0.190. The van der Waals surface area contributed by atoms with E-state index in [-0.39, 0.29) is 0 Å². The summed E-state index contributed by atoms with van der Waals surface area (Å²) in [6.07, 6.45) is 1.07. The molecule has 0 unspecified atom stereocenters. The van der Waals surface area contributed by atoms with Gasteiger partial charge in [-0.15, -0.1) is 0 Å². The molecule has 1 aliphatic heterocycles. The van der Waals surface area contributed by atoms with E-state index in [9.17, 15) is 0 Å². The van der Waals surface area contributed by atoms with Crippen molar-refractivity contribution in [2.75, 3.05) is 12.3 Å². The Bertz CT molecular complexity index is 815. The van der Waals surface area contributed by atoms with Crippen LogP contribution < -0.4 is 5.73 Å². The minimum Gasteiger partial charge on any atom is -0.384 e. The van der Waals surface area contributed by atoms with Gasteiger partial charge in [-0.05, 0) is 35.2 Å². The predicted octanol–water partition coefficient (Wildman–Crippen LogP) is 3.89. The fourth-order valence-corrected chi connectivity index (χ4v) is 3.30. The van der Waals surface area contributed by atoms with Gasteiger partial charge in [-0.25, -0.2) is 4.98 Å². The average molecular weight is 315 g/mol. The summed E-state index contributed by atoms with van der Waals surface area (Å²) in [6.45, 7) is 3.23. The van der Waals surface area contributed by atoms with Crippen molar-refractivity contribution < 1.29 is 0 Å². The van der Waals surface area contributed by atoms with Crippen molar-refractivity contribution >= 4 is 5.82 Å². The Hall–Kier alpha value is -2.65. The molecule has 0 fully saturated rings. The van der Waals surface area contributed by atoms with Crippen LogP contribution in [0.1, 0.15) is 16.7 Å². The van der Waals surface area contributed by atoms with Crippen molar-refractivity contribution in [1.29, 1.82) is 0 Å². The first-order chi connectivity index (χ1) is 11.8. The Balaban J connectivity index is 1.38. The van der Waals surface area contributed by atoms with Gasteiger partial charge >= 0.3 is 0 Å². The molecule has 0 amide bonds. The van der Waals surface area contributed by atoms with Crippen LogP contribution in [0, 0.1) is 0 Å². The Morgan fingerprint density at radius 1 is 0.833 bits per heavy atom. The average Bonchev–Trinajstić information content (AvgIpc) is 3.03. The fourth-order valence-electron chi connectivity index (χ4n) is 3.30. The molecule has 2 N–H and O–H groups in total. The Kier molecular flexibility index (Phi) is 4.01. The Labute approximate surface area is 142 Å². The molecule has 1 aliphatic rings. The van der Waals surface area contributed by atoms with Gasteiger partial charge in [-0.1, -0.05) is 54.6 Å². The van der Waals surface area contributed by atoms with Gasteiger partial charge in [0.2, 0.25) is 0 Å². The number of nitrogens with zero attached hydrogens (tertiary/aromatic N) is 2. The number of pyridine rings is 1. The van der Waals surface area contributed by atoms with Crippen molar-refractivity contribution in [2.24, 2.45) is 0 Å². The topological polar surface area (TPSA) is 42.1 Å². The molecule has 3 heteroatoms. The summed E-state index contributed by atoms with van der Waals surface area (Å²) in [7, 11) is 0. The largest absolute Gasteiger partial charge is 0.384 e. The standard InChI is InChI=1S/C21H21N3/c22-21-7-3-6-20(23-21)17-10-8-16(9-11-17)12-13-24-14-18-4-1-2-5-19(18)15-24/h1-11H,12-15H2,(H2,22,23). The molecule has 0 saturated heterocycles. The van der Waals surface area contributed by atoms with Gasteiger partial charge in [0.25, 0.3) is 0 Å². The molecule has 120 valence electrons. The maximum absolute atomic E-state index is 5.76. The third kappa shape index (κ3) is 3.17. The monoisotopic (exact) mass is 315 g/mol. The van der Waals surface area contributed by atoms with E-state index in [1.165, 1.54) is 16.7 Å². The molecule has 0 radical (unpaired) electrons. The normalized spacial score (nSPS) is 13.8. The van der Waals surface area contributed by atoms with Crippen molar-refractivity contribution in [1.82, 2.24) is 9.88 Å². The second-order valence-corrected chi connectivity index (χ2v) is 6.37. The lowest BCUT2D eigenvalue weighted by molar-refractivity contribution is 0.288. The van der Waals surface area contributed by atoms with Crippen molar-refractivity contribution in [3.05, 3.63) is 83.4 Å². The highest BCUT2D eigenvalue weighted by Crippen LogP contribution is 2.23. The van der Waals surface area contributed by atoms with Gasteiger partial charge in [0.05, 0.1) is 5.69 Å². The smallest absolute Gasteiger partial charge is 0.124 e. The molecule has 4 rings (SSSR count). The number of aromatic nitrogens is 1. The molecule has 24 heavy (non-hydrogen) atoms.